The minimum Gasteiger partial charge on any atom is -0.497 e. The third kappa shape index (κ3) is 3.62. The number of alkyl halides is 1. The molecular formula is C22H17IN6O3. The SMILES string of the molecule is COc1cccc(C2=Nc3c(-c4ccco4)n[nH]c3C(I)N2NC(=O)c2cccnc2)c1. The number of nitrogens with one attached hydrogen (secondary N) is 2. The Hall–Kier alpha value is -3.67. The lowest BCUT2D eigenvalue weighted by Gasteiger charge is -2.33. The number of H-pyrrole nitrogens is 1. The number of carbonyl (C=O) groups is 1. The Morgan fingerprint density at radius 3 is 2.91 bits per heavy atom. The highest BCUT2D eigenvalue weighted by Crippen LogP contribution is 2.43. The molecule has 3 aromatic heterocycles. The first-order chi connectivity index (χ1) is 15.7. The van der Waals surface area contributed by atoms with Gasteiger partial charge in [0.1, 0.15) is 15.5 Å². The van der Waals surface area contributed by atoms with Gasteiger partial charge in [0.2, 0.25) is 0 Å². The van der Waals surface area contributed by atoms with Crippen LogP contribution in [0.15, 0.2) is 76.6 Å². The summed E-state index contributed by atoms with van der Waals surface area (Å²) in [6.07, 6.45) is 4.73. The van der Waals surface area contributed by atoms with Crippen LogP contribution in [0.3, 0.4) is 0 Å². The molecule has 1 atom stereocenters. The summed E-state index contributed by atoms with van der Waals surface area (Å²) in [5, 5.41) is 9.17. The number of halogens is 1. The molecule has 2 N–H and O–H groups in total. The average molecular weight is 540 g/mol. The van der Waals surface area contributed by atoms with E-state index in [0.717, 1.165) is 11.3 Å². The molecule has 4 heterocycles. The van der Waals surface area contributed by atoms with Crippen LogP contribution >= 0.6 is 22.6 Å². The fourth-order valence-electron chi connectivity index (χ4n) is 3.36. The van der Waals surface area contributed by atoms with E-state index in [-0.39, 0.29) is 9.96 Å². The van der Waals surface area contributed by atoms with Crippen molar-refractivity contribution in [2.24, 2.45) is 4.99 Å². The van der Waals surface area contributed by atoms with Crippen molar-refractivity contribution in [3.8, 4) is 17.2 Å². The highest BCUT2D eigenvalue weighted by atomic mass is 127. The van der Waals surface area contributed by atoms with Crippen molar-refractivity contribution in [3.05, 3.63) is 84.0 Å². The van der Waals surface area contributed by atoms with E-state index in [1.807, 2.05) is 30.3 Å². The first kappa shape index (κ1) is 20.2. The number of pyridine rings is 1. The van der Waals surface area contributed by atoms with Crippen LogP contribution in [-0.2, 0) is 0 Å². The van der Waals surface area contributed by atoms with Gasteiger partial charge in [0.05, 0.1) is 24.6 Å². The molecule has 1 aliphatic rings. The number of benzene rings is 1. The molecule has 0 saturated heterocycles. The van der Waals surface area contributed by atoms with Crippen LogP contribution in [0.1, 0.15) is 25.7 Å². The first-order valence-electron chi connectivity index (χ1n) is 9.65. The van der Waals surface area contributed by atoms with E-state index in [2.05, 4.69) is 43.2 Å². The molecular weight excluding hydrogens is 523 g/mol. The Bertz CT molecular complexity index is 1290. The predicted octanol–water partition coefficient (Wildman–Crippen LogP) is 4.25. The predicted molar refractivity (Wildman–Crippen MR) is 126 cm³/mol. The number of hydrogen-bond acceptors (Lipinski definition) is 7. The van der Waals surface area contributed by atoms with Crippen LogP contribution in [0.5, 0.6) is 5.75 Å². The second-order valence-electron chi connectivity index (χ2n) is 6.87. The van der Waals surface area contributed by atoms with Crippen molar-refractivity contribution in [2.75, 3.05) is 7.11 Å². The summed E-state index contributed by atoms with van der Waals surface area (Å²) in [5.41, 5.74) is 6.17. The van der Waals surface area contributed by atoms with Gasteiger partial charge in [-0.2, -0.15) is 5.10 Å². The van der Waals surface area contributed by atoms with E-state index >= 15 is 0 Å². The van der Waals surface area contributed by atoms with Gasteiger partial charge in [0.25, 0.3) is 5.91 Å². The molecule has 160 valence electrons. The average Bonchev–Trinajstić information content (AvgIpc) is 3.51. The van der Waals surface area contributed by atoms with E-state index < -0.39 is 0 Å². The summed E-state index contributed by atoms with van der Waals surface area (Å²) >= 11 is 2.24. The fraction of sp³-hybridized carbons (Fsp3) is 0.0909. The summed E-state index contributed by atoms with van der Waals surface area (Å²) in [6.45, 7) is 0. The molecule has 9 nitrogen and oxygen atoms in total. The van der Waals surface area contributed by atoms with E-state index in [1.165, 1.54) is 6.20 Å². The highest BCUT2D eigenvalue weighted by molar-refractivity contribution is 14.1. The number of amides is 1. The van der Waals surface area contributed by atoms with Crippen molar-refractivity contribution in [2.45, 2.75) is 4.05 Å². The molecule has 1 unspecified atom stereocenters. The summed E-state index contributed by atoms with van der Waals surface area (Å²) < 4.78 is 10.6. The molecule has 1 amide bonds. The van der Waals surface area contributed by atoms with Gasteiger partial charge in [0, 0.05) is 18.0 Å². The number of ether oxygens (including phenoxy) is 1. The number of aliphatic imine (C=N–C) groups is 1. The van der Waals surface area contributed by atoms with Crippen LogP contribution in [0, 0.1) is 0 Å². The zero-order valence-electron chi connectivity index (χ0n) is 16.8. The molecule has 5 rings (SSSR count). The number of carbonyl (C=O) groups excluding carboxylic acids is 1. The first-order valence-corrected chi connectivity index (χ1v) is 10.9. The third-order valence-electron chi connectivity index (χ3n) is 4.91. The molecule has 0 aliphatic carbocycles. The molecule has 0 spiro atoms. The van der Waals surface area contributed by atoms with Gasteiger partial charge in [-0.05, 0) is 59.0 Å². The minimum absolute atomic E-state index is 0.301. The van der Waals surface area contributed by atoms with E-state index in [9.17, 15) is 4.79 Å². The van der Waals surface area contributed by atoms with Gasteiger partial charge in [-0.25, -0.2) is 10.0 Å². The van der Waals surface area contributed by atoms with Gasteiger partial charge >= 0.3 is 0 Å². The molecule has 0 fully saturated rings. The van der Waals surface area contributed by atoms with Crippen LogP contribution in [-0.4, -0.2) is 39.0 Å². The van der Waals surface area contributed by atoms with Crippen LogP contribution < -0.4 is 10.2 Å². The summed E-state index contributed by atoms with van der Waals surface area (Å²) in [6, 6.07) is 14.5. The molecule has 0 radical (unpaired) electrons. The maximum atomic E-state index is 12.9. The molecule has 10 heteroatoms. The normalized spacial score (nSPS) is 15.1. The van der Waals surface area contributed by atoms with Gasteiger partial charge in [-0.1, -0.05) is 12.1 Å². The van der Waals surface area contributed by atoms with Crippen LogP contribution in [0.25, 0.3) is 11.5 Å². The van der Waals surface area contributed by atoms with Crippen molar-refractivity contribution < 1.29 is 13.9 Å². The lowest BCUT2D eigenvalue weighted by atomic mass is 10.1. The Morgan fingerprint density at radius 1 is 1.25 bits per heavy atom. The van der Waals surface area contributed by atoms with Gasteiger partial charge in [0.15, 0.2) is 17.3 Å². The number of hydrazine groups is 1. The summed E-state index contributed by atoms with van der Waals surface area (Å²) in [7, 11) is 1.61. The Kier molecular flexibility index (Phi) is 5.35. The molecule has 0 bridgehead atoms. The van der Waals surface area contributed by atoms with Gasteiger partial charge < -0.3 is 9.15 Å². The lowest BCUT2D eigenvalue weighted by molar-refractivity contribution is 0.0864. The quantitative estimate of drug-likeness (QED) is 0.223. The van der Waals surface area contributed by atoms with Crippen molar-refractivity contribution in [1.82, 2.24) is 25.6 Å². The maximum Gasteiger partial charge on any atom is 0.271 e. The molecule has 4 aromatic rings. The number of hydrogen-bond donors (Lipinski definition) is 2. The van der Waals surface area contributed by atoms with Crippen molar-refractivity contribution in [1.29, 1.82) is 0 Å². The maximum absolute atomic E-state index is 12.9. The van der Waals surface area contributed by atoms with Crippen LogP contribution in [0.2, 0.25) is 0 Å². The number of furan rings is 1. The number of aromatic nitrogens is 3. The Morgan fingerprint density at radius 2 is 2.16 bits per heavy atom. The number of rotatable bonds is 5. The van der Waals surface area contributed by atoms with Gasteiger partial charge in [-0.3, -0.25) is 20.3 Å². The smallest absolute Gasteiger partial charge is 0.271 e. The van der Waals surface area contributed by atoms with Crippen molar-refractivity contribution >= 4 is 40.0 Å². The fourth-order valence-corrected chi connectivity index (χ4v) is 4.19. The second kappa shape index (κ2) is 8.46. The van der Waals surface area contributed by atoms with E-state index in [4.69, 9.17) is 14.1 Å². The van der Waals surface area contributed by atoms with E-state index in [0.29, 0.717) is 34.3 Å². The molecule has 1 aromatic carbocycles. The van der Waals surface area contributed by atoms with Gasteiger partial charge in [-0.15, -0.1) is 0 Å². The Labute approximate surface area is 196 Å². The zero-order chi connectivity index (χ0) is 22.1. The van der Waals surface area contributed by atoms with Crippen molar-refractivity contribution in [3.63, 3.8) is 0 Å². The monoisotopic (exact) mass is 540 g/mol. The highest BCUT2D eigenvalue weighted by Gasteiger charge is 2.35. The number of nitrogens with zero attached hydrogens (tertiary/aromatic N) is 4. The minimum atomic E-state index is -0.321. The Balaban J connectivity index is 1.61. The van der Waals surface area contributed by atoms with Crippen LogP contribution in [0.4, 0.5) is 5.69 Å². The second-order valence-corrected chi connectivity index (χ2v) is 8.05. The standard InChI is InChI=1S/C22H17IN6O3/c1-31-15-7-2-5-13(11-15)21-25-18-17(16-8-4-10-32-16)26-27-19(18)20(23)29(21)28-22(30)14-6-3-9-24-12-14/h2-12,20H,1H3,(H,26,27)(H,28,30). The van der Waals surface area contributed by atoms with E-state index in [1.54, 1.807) is 42.8 Å². The largest absolute Gasteiger partial charge is 0.497 e. The number of methoxy groups -OCH3 is 1. The molecule has 1 aliphatic heterocycles. The summed E-state index contributed by atoms with van der Waals surface area (Å²) in [4.78, 5) is 21.9. The number of fused-ring (bicyclic) bond motifs is 1. The zero-order valence-corrected chi connectivity index (χ0v) is 19.0. The lowest BCUT2D eigenvalue weighted by Crippen LogP contribution is -2.48. The molecule has 0 saturated carbocycles. The number of aromatic amines is 1. The topological polar surface area (TPSA) is 109 Å². The number of amidine groups is 1. The third-order valence-corrected chi connectivity index (χ3v) is 6.09. The molecule has 32 heavy (non-hydrogen) atoms. The summed E-state index contributed by atoms with van der Waals surface area (Å²) in [5.74, 6) is 1.53.